The second-order valence-corrected chi connectivity index (χ2v) is 7.02. The Labute approximate surface area is 179 Å². The molecule has 2 aromatic carbocycles. The van der Waals surface area contributed by atoms with Crippen LogP contribution in [0.15, 0.2) is 79.1 Å². The van der Waals surface area contributed by atoms with Gasteiger partial charge in [-0.2, -0.15) is 5.10 Å². The zero-order valence-corrected chi connectivity index (χ0v) is 17.0. The van der Waals surface area contributed by atoms with Crippen molar-refractivity contribution in [3.8, 4) is 22.7 Å². The minimum atomic E-state index is -0.250. The summed E-state index contributed by atoms with van der Waals surface area (Å²) in [6.45, 7) is 0.363. The molecule has 0 atom stereocenters. The normalized spacial score (nSPS) is 10.6. The zero-order valence-electron chi connectivity index (χ0n) is 16.2. The molecule has 2 heterocycles. The number of pyridine rings is 1. The van der Waals surface area contributed by atoms with Crippen LogP contribution < -0.4 is 10.1 Å². The summed E-state index contributed by atoms with van der Waals surface area (Å²) in [6.07, 6.45) is 3.41. The standard InChI is InChI=1S/C23H19ClN4O2/c1-30-20-9-2-6-17(11-20)21-13-22(23(29)26-15-16-5-4-10-25-14-16)28(27-21)19-8-3-7-18(24)12-19/h2-14H,15H2,1H3,(H,26,29). The van der Waals surface area contributed by atoms with Crippen LogP contribution in [0.4, 0.5) is 0 Å². The molecule has 4 rings (SSSR count). The molecule has 0 bridgehead atoms. The van der Waals surface area contributed by atoms with Crippen LogP contribution in [0, 0.1) is 0 Å². The largest absolute Gasteiger partial charge is 0.497 e. The van der Waals surface area contributed by atoms with Gasteiger partial charge in [0.25, 0.3) is 5.91 Å². The van der Waals surface area contributed by atoms with Crippen molar-refractivity contribution < 1.29 is 9.53 Å². The van der Waals surface area contributed by atoms with Gasteiger partial charge < -0.3 is 10.1 Å². The van der Waals surface area contributed by atoms with E-state index < -0.39 is 0 Å². The quantitative estimate of drug-likeness (QED) is 0.499. The Bertz CT molecular complexity index is 1170. The summed E-state index contributed by atoms with van der Waals surface area (Å²) in [7, 11) is 1.61. The van der Waals surface area contributed by atoms with Gasteiger partial charge in [0.15, 0.2) is 0 Å². The maximum absolute atomic E-state index is 13.0. The van der Waals surface area contributed by atoms with Gasteiger partial charge in [-0.1, -0.05) is 35.9 Å². The summed E-state index contributed by atoms with van der Waals surface area (Å²) < 4.78 is 6.91. The molecule has 0 aliphatic rings. The second kappa shape index (κ2) is 8.80. The number of benzene rings is 2. The highest BCUT2D eigenvalue weighted by molar-refractivity contribution is 6.30. The molecule has 0 fully saturated rings. The van der Waals surface area contributed by atoms with Crippen molar-refractivity contribution in [2.45, 2.75) is 6.54 Å². The molecule has 0 spiro atoms. The van der Waals surface area contributed by atoms with Gasteiger partial charge in [0.2, 0.25) is 0 Å². The van der Waals surface area contributed by atoms with Crippen molar-refractivity contribution in [1.82, 2.24) is 20.1 Å². The zero-order chi connectivity index (χ0) is 20.9. The third kappa shape index (κ3) is 4.34. The van der Waals surface area contributed by atoms with Crippen LogP contribution in [0.25, 0.3) is 16.9 Å². The minimum Gasteiger partial charge on any atom is -0.497 e. The number of aromatic nitrogens is 3. The lowest BCUT2D eigenvalue weighted by molar-refractivity contribution is 0.0943. The van der Waals surface area contributed by atoms with Crippen LogP contribution in [-0.2, 0) is 6.54 Å². The number of nitrogens with one attached hydrogen (secondary N) is 1. The van der Waals surface area contributed by atoms with Crippen LogP contribution in [0.1, 0.15) is 16.1 Å². The Morgan fingerprint density at radius 1 is 1.10 bits per heavy atom. The van der Waals surface area contributed by atoms with Gasteiger partial charge >= 0.3 is 0 Å². The van der Waals surface area contributed by atoms with Crippen LogP contribution in [0.5, 0.6) is 5.75 Å². The van der Waals surface area contributed by atoms with Crippen molar-refractivity contribution in [2.75, 3.05) is 7.11 Å². The maximum Gasteiger partial charge on any atom is 0.270 e. The monoisotopic (exact) mass is 418 g/mol. The van der Waals surface area contributed by atoms with Crippen LogP contribution in [0.2, 0.25) is 5.02 Å². The van der Waals surface area contributed by atoms with E-state index in [1.165, 1.54) is 0 Å². The van der Waals surface area contributed by atoms with Gasteiger partial charge in [0, 0.05) is 29.5 Å². The Hall–Kier alpha value is -3.64. The van der Waals surface area contributed by atoms with Gasteiger partial charge in [0.1, 0.15) is 11.4 Å². The van der Waals surface area contributed by atoms with Crippen LogP contribution in [-0.4, -0.2) is 27.8 Å². The third-order valence-electron chi connectivity index (χ3n) is 4.54. The average Bonchev–Trinajstić information content (AvgIpc) is 3.24. The number of ether oxygens (including phenoxy) is 1. The molecule has 0 radical (unpaired) electrons. The first-order valence-electron chi connectivity index (χ1n) is 9.31. The van der Waals surface area contributed by atoms with Crippen molar-refractivity contribution in [3.05, 3.63) is 95.4 Å². The van der Waals surface area contributed by atoms with Crippen molar-refractivity contribution >= 4 is 17.5 Å². The third-order valence-corrected chi connectivity index (χ3v) is 4.77. The van der Waals surface area contributed by atoms with E-state index in [0.717, 1.165) is 11.1 Å². The number of hydrogen-bond acceptors (Lipinski definition) is 4. The number of halogens is 1. The lowest BCUT2D eigenvalue weighted by Gasteiger charge is -2.08. The molecule has 0 saturated heterocycles. The number of carbonyl (C=O) groups is 1. The number of rotatable bonds is 6. The molecule has 30 heavy (non-hydrogen) atoms. The molecule has 0 aliphatic heterocycles. The number of carbonyl (C=O) groups excluding carboxylic acids is 1. The Morgan fingerprint density at radius 3 is 2.73 bits per heavy atom. The van der Waals surface area contributed by atoms with Crippen molar-refractivity contribution in [1.29, 1.82) is 0 Å². The minimum absolute atomic E-state index is 0.250. The summed E-state index contributed by atoms with van der Waals surface area (Å²) in [5.41, 5.74) is 3.51. The highest BCUT2D eigenvalue weighted by Gasteiger charge is 2.18. The van der Waals surface area contributed by atoms with Crippen LogP contribution >= 0.6 is 11.6 Å². The number of methoxy groups -OCH3 is 1. The van der Waals surface area contributed by atoms with E-state index >= 15 is 0 Å². The molecule has 0 aliphatic carbocycles. The van der Waals surface area contributed by atoms with E-state index in [1.807, 2.05) is 48.5 Å². The molecule has 1 amide bonds. The Balaban J connectivity index is 1.71. The van der Waals surface area contributed by atoms with Crippen molar-refractivity contribution in [3.63, 3.8) is 0 Å². The van der Waals surface area contributed by atoms with E-state index in [9.17, 15) is 4.79 Å². The highest BCUT2D eigenvalue weighted by atomic mass is 35.5. The Kier molecular flexibility index (Phi) is 5.77. The van der Waals surface area contributed by atoms with Crippen LogP contribution in [0.3, 0.4) is 0 Å². The Morgan fingerprint density at radius 2 is 1.97 bits per heavy atom. The predicted octanol–water partition coefficient (Wildman–Crippen LogP) is 4.53. The average molecular weight is 419 g/mol. The smallest absolute Gasteiger partial charge is 0.270 e. The van der Waals surface area contributed by atoms with Gasteiger partial charge in [-0.15, -0.1) is 0 Å². The second-order valence-electron chi connectivity index (χ2n) is 6.58. The number of hydrogen-bond donors (Lipinski definition) is 1. The summed E-state index contributed by atoms with van der Waals surface area (Å²) in [5.74, 6) is 0.466. The summed E-state index contributed by atoms with van der Waals surface area (Å²) >= 11 is 6.17. The molecule has 1 N–H and O–H groups in total. The van der Waals surface area contributed by atoms with Crippen molar-refractivity contribution in [2.24, 2.45) is 0 Å². The lowest BCUT2D eigenvalue weighted by Crippen LogP contribution is -2.25. The first-order valence-corrected chi connectivity index (χ1v) is 9.69. The summed E-state index contributed by atoms with van der Waals surface area (Å²) in [6, 6.07) is 20.3. The van der Waals surface area contributed by atoms with Gasteiger partial charge in [-0.05, 0) is 48.0 Å². The molecular formula is C23H19ClN4O2. The van der Waals surface area contributed by atoms with E-state index in [4.69, 9.17) is 16.3 Å². The first kappa shape index (κ1) is 19.7. The SMILES string of the molecule is COc1cccc(-c2cc(C(=O)NCc3cccnc3)n(-c3cccc(Cl)c3)n2)c1. The van der Waals surface area contributed by atoms with Gasteiger partial charge in [-0.25, -0.2) is 4.68 Å². The number of amides is 1. The van der Waals surface area contributed by atoms with E-state index in [1.54, 1.807) is 42.4 Å². The molecule has 6 nitrogen and oxygen atoms in total. The molecule has 7 heteroatoms. The van der Waals surface area contributed by atoms with E-state index in [2.05, 4.69) is 15.4 Å². The fraction of sp³-hybridized carbons (Fsp3) is 0.0870. The summed E-state index contributed by atoms with van der Waals surface area (Å²) in [4.78, 5) is 17.1. The molecular weight excluding hydrogens is 400 g/mol. The molecule has 4 aromatic rings. The van der Waals surface area contributed by atoms with Gasteiger partial charge in [0.05, 0.1) is 18.5 Å². The first-order chi connectivity index (χ1) is 14.6. The van der Waals surface area contributed by atoms with E-state index in [-0.39, 0.29) is 5.91 Å². The molecule has 0 saturated carbocycles. The topological polar surface area (TPSA) is 69.0 Å². The van der Waals surface area contributed by atoms with E-state index in [0.29, 0.717) is 34.4 Å². The molecule has 150 valence electrons. The maximum atomic E-state index is 13.0. The fourth-order valence-corrected chi connectivity index (χ4v) is 3.23. The highest BCUT2D eigenvalue weighted by Crippen LogP contribution is 2.26. The lowest BCUT2D eigenvalue weighted by atomic mass is 10.1. The molecule has 2 aromatic heterocycles. The predicted molar refractivity (Wildman–Crippen MR) is 116 cm³/mol. The van der Waals surface area contributed by atoms with Gasteiger partial charge in [-0.3, -0.25) is 9.78 Å². The fourth-order valence-electron chi connectivity index (χ4n) is 3.05. The number of nitrogens with zero attached hydrogens (tertiary/aromatic N) is 3. The molecule has 0 unspecified atom stereocenters. The summed E-state index contributed by atoms with van der Waals surface area (Å²) in [5, 5.41) is 8.17.